The van der Waals surface area contributed by atoms with Crippen LogP contribution in [-0.4, -0.2) is 29.5 Å². The van der Waals surface area contributed by atoms with Gasteiger partial charge in [0.25, 0.3) is 5.91 Å². The number of benzene rings is 1. The van der Waals surface area contributed by atoms with Gasteiger partial charge in [-0.25, -0.2) is 4.39 Å². The van der Waals surface area contributed by atoms with Crippen molar-refractivity contribution >= 4 is 11.8 Å². The van der Waals surface area contributed by atoms with E-state index in [1.54, 1.807) is 18.2 Å². The van der Waals surface area contributed by atoms with Crippen LogP contribution >= 0.6 is 0 Å². The van der Waals surface area contributed by atoms with Crippen molar-refractivity contribution in [3.8, 4) is 11.1 Å². The van der Waals surface area contributed by atoms with Crippen LogP contribution in [-0.2, 0) is 4.79 Å². The van der Waals surface area contributed by atoms with Gasteiger partial charge >= 0.3 is 0 Å². The molecule has 0 aliphatic carbocycles. The molecule has 6 heteroatoms. The third kappa shape index (κ3) is 4.12. The maximum Gasteiger partial charge on any atom is 0.268 e. The van der Waals surface area contributed by atoms with Gasteiger partial charge in [0.1, 0.15) is 11.5 Å². The fraction of sp³-hybridized carbons (Fsp3) is 0.400. The van der Waals surface area contributed by atoms with Crippen molar-refractivity contribution in [3.63, 3.8) is 0 Å². The zero-order valence-electron chi connectivity index (χ0n) is 15.3. The highest BCUT2D eigenvalue weighted by molar-refractivity contribution is 5.95. The summed E-state index contributed by atoms with van der Waals surface area (Å²) in [5, 5.41) is 5.79. The lowest BCUT2D eigenvalue weighted by atomic mass is 9.97. The molecular formula is C20H24FN3O2. The monoisotopic (exact) mass is 357 g/mol. The van der Waals surface area contributed by atoms with Crippen LogP contribution in [0.15, 0.2) is 36.5 Å². The number of hydrogen-bond donors (Lipinski definition) is 2. The average Bonchev–Trinajstić information content (AvgIpc) is 3.02. The molecule has 26 heavy (non-hydrogen) atoms. The molecule has 0 radical (unpaired) electrons. The van der Waals surface area contributed by atoms with Crippen LogP contribution in [0.2, 0.25) is 0 Å². The van der Waals surface area contributed by atoms with Crippen molar-refractivity contribution in [1.82, 2.24) is 15.2 Å². The van der Waals surface area contributed by atoms with E-state index in [1.165, 1.54) is 12.1 Å². The maximum atomic E-state index is 13.1. The molecule has 0 saturated carbocycles. The zero-order valence-corrected chi connectivity index (χ0v) is 15.3. The lowest BCUT2D eigenvalue weighted by Gasteiger charge is -2.26. The van der Waals surface area contributed by atoms with Crippen molar-refractivity contribution in [2.24, 2.45) is 5.41 Å². The van der Waals surface area contributed by atoms with Crippen LogP contribution < -0.4 is 10.6 Å². The first kappa shape index (κ1) is 18.2. The molecule has 5 nitrogen and oxygen atoms in total. The minimum Gasteiger partial charge on any atom is -0.356 e. The molecule has 1 aromatic heterocycles. The maximum absolute atomic E-state index is 13.1. The fourth-order valence-electron chi connectivity index (χ4n) is 2.98. The van der Waals surface area contributed by atoms with Crippen LogP contribution in [0, 0.1) is 11.2 Å². The Hall–Kier alpha value is -2.63. The average molecular weight is 357 g/mol. The largest absolute Gasteiger partial charge is 0.356 e. The molecule has 2 amide bonds. The summed E-state index contributed by atoms with van der Waals surface area (Å²) in [6, 6.07) is 7.78. The Labute approximate surface area is 152 Å². The summed E-state index contributed by atoms with van der Waals surface area (Å²) in [5.74, 6) is -0.502. The number of hydrogen-bond acceptors (Lipinski definition) is 2. The number of nitrogens with zero attached hydrogens (tertiary/aromatic N) is 1. The van der Waals surface area contributed by atoms with Crippen LogP contribution in [0.4, 0.5) is 4.39 Å². The Kier molecular flexibility index (Phi) is 4.85. The Balaban J connectivity index is 1.79. The van der Waals surface area contributed by atoms with E-state index in [-0.39, 0.29) is 29.1 Å². The Morgan fingerprint density at radius 1 is 1.27 bits per heavy atom. The summed E-state index contributed by atoms with van der Waals surface area (Å²) in [6.45, 7) is 7.20. The highest BCUT2D eigenvalue weighted by atomic mass is 19.1. The van der Waals surface area contributed by atoms with Gasteiger partial charge in [-0.05, 0) is 29.2 Å². The molecule has 1 aromatic carbocycles. The first-order valence-electron chi connectivity index (χ1n) is 8.76. The molecule has 0 saturated heterocycles. The summed E-state index contributed by atoms with van der Waals surface area (Å²) in [5.41, 5.74) is 2.20. The summed E-state index contributed by atoms with van der Waals surface area (Å²) < 4.78 is 15.0. The van der Waals surface area contributed by atoms with Crippen LogP contribution in [0.5, 0.6) is 0 Å². The number of halogens is 1. The molecule has 1 aliphatic rings. The molecule has 1 atom stereocenters. The summed E-state index contributed by atoms with van der Waals surface area (Å²) in [6.07, 6.45) is 2.16. The van der Waals surface area contributed by atoms with Crippen molar-refractivity contribution in [3.05, 3.63) is 48.0 Å². The van der Waals surface area contributed by atoms with Crippen LogP contribution in [0.3, 0.4) is 0 Å². The van der Waals surface area contributed by atoms with Gasteiger partial charge in [-0.2, -0.15) is 0 Å². The number of carbonyl (C=O) groups excluding carboxylic acids is 2. The molecule has 138 valence electrons. The fourth-order valence-corrected chi connectivity index (χ4v) is 2.98. The quantitative estimate of drug-likeness (QED) is 0.883. The van der Waals surface area contributed by atoms with Crippen molar-refractivity contribution in [1.29, 1.82) is 0 Å². The number of amides is 2. The van der Waals surface area contributed by atoms with E-state index in [1.807, 2.05) is 10.8 Å². The second kappa shape index (κ2) is 6.94. The van der Waals surface area contributed by atoms with E-state index in [0.29, 0.717) is 25.2 Å². The zero-order chi connectivity index (χ0) is 18.9. The normalized spacial score (nSPS) is 16.8. The summed E-state index contributed by atoms with van der Waals surface area (Å²) in [7, 11) is 0. The lowest BCUT2D eigenvalue weighted by Crippen LogP contribution is -2.41. The van der Waals surface area contributed by atoms with E-state index in [2.05, 4.69) is 31.4 Å². The minimum absolute atomic E-state index is 0.0187. The Bertz CT molecular complexity index is 819. The minimum atomic E-state index is -0.302. The second-order valence-corrected chi connectivity index (χ2v) is 7.93. The van der Waals surface area contributed by atoms with Gasteiger partial charge < -0.3 is 15.2 Å². The highest BCUT2D eigenvalue weighted by Gasteiger charge is 2.27. The number of rotatable bonds is 4. The van der Waals surface area contributed by atoms with Crippen LogP contribution in [0.1, 0.15) is 43.7 Å². The number of aromatic nitrogens is 1. The van der Waals surface area contributed by atoms with Gasteiger partial charge in [-0.1, -0.05) is 32.9 Å². The van der Waals surface area contributed by atoms with Gasteiger partial charge in [0.05, 0.1) is 6.04 Å². The SMILES string of the molecule is CC(C)(C)CNC(=O)CC1CNC(=O)c2cc(-c3ccc(F)cc3)cn21. The van der Waals surface area contributed by atoms with Gasteiger partial charge in [0.2, 0.25) is 5.91 Å². The van der Waals surface area contributed by atoms with E-state index < -0.39 is 0 Å². The van der Waals surface area contributed by atoms with Crippen molar-refractivity contribution in [2.75, 3.05) is 13.1 Å². The van der Waals surface area contributed by atoms with E-state index in [4.69, 9.17) is 0 Å². The first-order valence-corrected chi connectivity index (χ1v) is 8.76. The Morgan fingerprint density at radius 3 is 2.62 bits per heavy atom. The molecular weight excluding hydrogens is 333 g/mol. The lowest BCUT2D eigenvalue weighted by molar-refractivity contribution is -0.122. The third-order valence-corrected chi connectivity index (χ3v) is 4.39. The molecule has 3 rings (SSSR count). The first-order chi connectivity index (χ1) is 12.2. The van der Waals surface area contributed by atoms with Gasteiger partial charge in [-0.3, -0.25) is 9.59 Å². The molecule has 2 heterocycles. The molecule has 0 fully saturated rings. The highest BCUT2D eigenvalue weighted by Crippen LogP contribution is 2.28. The van der Waals surface area contributed by atoms with Gasteiger partial charge in [-0.15, -0.1) is 0 Å². The molecule has 1 unspecified atom stereocenters. The summed E-state index contributed by atoms with van der Waals surface area (Å²) in [4.78, 5) is 24.5. The van der Waals surface area contributed by atoms with Crippen molar-refractivity contribution in [2.45, 2.75) is 33.2 Å². The van der Waals surface area contributed by atoms with Gasteiger partial charge in [0.15, 0.2) is 0 Å². The topological polar surface area (TPSA) is 63.1 Å². The predicted molar refractivity (Wildman–Crippen MR) is 98.3 cm³/mol. The number of carbonyl (C=O) groups is 2. The number of fused-ring (bicyclic) bond motifs is 1. The summed E-state index contributed by atoms with van der Waals surface area (Å²) >= 11 is 0. The van der Waals surface area contributed by atoms with E-state index >= 15 is 0 Å². The smallest absolute Gasteiger partial charge is 0.268 e. The molecule has 2 aromatic rings. The van der Waals surface area contributed by atoms with Crippen molar-refractivity contribution < 1.29 is 14.0 Å². The van der Waals surface area contributed by atoms with Gasteiger partial charge in [0, 0.05) is 31.3 Å². The predicted octanol–water partition coefficient (Wildman–Crippen LogP) is 3.13. The standard InChI is InChI=1S/C20H24FN3O2/c1-20(2,3)12-23-18(25)9-16-10-22-19(26)17-8-14(11-24(16)17)13-4-6-15(21)7-5-13/h4-8,11,16H,9-10,12H2,1-3H3,(H,22,26)(H,23,25). The molecule has 0 spiro atoms. The molecule has 1 aliphatic heterocycles. The second-order valence-electron chi connectivity index (χ2n) is 7.93. The molecule has 2 N–H and O–H groups in total. The molecule has 0 bridgehead atoms. The number of nitrogens with one attached hydrogen (secondary N) is 2. The Morgan fingerprint density at radius 2 is 1.96 bits per heavy atom. The third-order valence-electron chi connectivity index (χ3n) is 4.39. The van der Waals surface area contributed by atoms with Crippen LogP contribution in [0.25, 0.3) is 11.1 Å². The van der Waals surface area contributed by atoms with E-state index in [0.717, 1.165) is 11.1 Å². The van der Waals surface area contributed by atoms with E-state index in [9.17, 15) is 14.0 Å².